The van der Waals surface area contributed by atoms with Crippen molar-refractivity contribution in [3.8, 4) is 0 Å². The zero-order valence-electron chi connectivity index (χ0n) is 5.92. The van der Waals surface area contributed by atoms with Crippen molar-refractivity contribution in [2.75, 3.05) is 7.11 Å². The van der Waals surface area contributed by atoms with Crippen molar-refractivity contribution in [2.24, 2.45) is 23.2 Å². The van der Waals surface area contributed by atoms with Crippen molar-refractivity contribution in [3.05, 3.63) is 0 Å². The molecule has 0 N–H and O–H groups in total. The first kappa shape index (κ1) is 4.73. The molecule has 3 fully saturated rings. The minimum Gasteiger partial charge on any atom is -0.381 e. The lowest BCUT2D eigenvalue weighted by Gasteiger charge is -2.39. The van der Waals surface area contributed by atoms with E-state index in [0.29, 0.717) is 6.10 Å². The van der Waals surface area contributed by atoms with Crippen LogP contribution in [0.4, 0.5) is 0 Å². The number of rotatable bonds is 1. The maximum Gasteiger partial charge on any atom is 0.0661 e. The highest BCUT2D eigenvalue weighted by atomic mass is 16.5. The largest absolute Gasteiger partial charge is 0.381 e. The van der Waals surface area contributed by atoms with Gasteiger partial charge < -0.3 is 4.74 Å². The lowest BCUT2D eigenvalue weighted by atomic mass is 9.72. The fraction of sp³-hybridized carbons (Fsp3) is 1.00. The zero-order chi connectivity index (χ0) is 6.22. The Labute approximate surface area is 55.4 Å². The molecule has 0 aliphatic heterocycles. The molecule has 3 aliphatic rings. The molecule has 0 bridgehead atoms. The Bertz CT molecular complexity index is 177. The second-order valence-corrected chi connectivity index (χ2v) is 3.96. The smallest absolute Gasteiger partial charge is 0.0661 e. The first-order valence-electron chi connectivity index (χ1n) is 3.85. The summed E-state index contributed by atoms with van der Waals surface area (Å²) in [4.78, 5) is 0. The van der Waals surface area contributed by atoms with E-state index in [9.17, 15) is 0 Å². The van der Waals surface area contributed by atoms with Crippen LogP contribution in [0, 0.1) is 23.2 Å². The van der Waals surface area contributed by atoms with Gasteiger partial charge in [0.25, 0.3) is 0 Å². The molecule has 9 heavy (non-hydrogen) atoms. The minimum atomic E-state index is 0.646. The van der Waals surface area contributed by atoms with Crippen LogP contribution in [0.1, 0.15) is 13.3 Å². The summed E-state index contributed by atoms with van der Waals surface area (Å²) in [6.07, 6.45) is 2.13. The van der Waals surface area contributed by atoms with E-state index in [1.165, 1.54) is 6.42 Å². The first-order valence-corrected chi connectivity index (χ1v) is 3.85. The zero-order valence-corrected chi connectivity index (χ0v) is 5.92. The summed E-state index contributed by atoms with van der Waals surface area (Å²) < 4.78 is 5.40. The maximum absolute atomic E-state index is 5.40. The van der Waals surface area contributed by atoms with Gasteiger partial charge in [-0.25, -0.2) is 0 Å². The summed E-state index contributed by atoms with van der Waals surface area (Å²) in [5.74, 6) is 3.09. The van der Waals surface area contributed by atoms with Gasteiger partial charge in [-0.05, 0) is 24.2 Å². The highest BCUT2D eigenvalue weighted by Crippen LogP contribution is 2.92. The third kappa shape index (κ3) is 0.260. The van der Waals surface area contributed by atoms with Gasteiger partial charge in [-0.1, -0.05) is 6.92 Å². The average Bonchev–Trinajstić information content (AvgIpc) is 2.54. The van der Waals surface area contributed by atoms with Crippen molar-refractivity contribution in [1.82, 2.24) is 0 Å². The monoisotopic (exact) mass is 124 g/mol. The molecule has 1 heteroatoms. The van der Waals surface area contributed by atoms with Gasteiger partial charge >= 0.3 is 0 Å². The fourth-order valence-electron chi connectivity index (χ4n) is 3.36. The number of fused-ring (bicyclic) bond motifs is 1. The van der Waals surface area contributed by atoms with Gasteiger partial charge in [-0.15, -0.1) is 0 Å². The minimum absolute atomic E-state index is 0.646. The Morgan fingerprint density at radius 2 is 2.33 bits per heavy atom. The normalized spacial score (nSPS) is 74.0. The number of hydrogen-bond donors (Lipinski definition) is 0. The molecule has 0 aromatic rings. The standard InChI is InChI=1S/C8H12O/c1-4-6-5-3-8(5,6)7(4)9-2/h4-7H,3H2,1-2H3. The fourth-order valence-corrected chi connectivity index (χ4v) is 3.36. The van der Waals surface area contributed by atoms with Gasteiger partial charge in [-0.2, -0.15) is 0 Å². The lowest BCUT2D eigenvalue weighted by molar-refractivity contribution is -0.0647. The number of ether oxygens (including phenoxy) is 1. The van der Waals surface area contributed by atoms with Crippen LogP contribution in [0.25, 0.3) is 0 Å². The Kier molecular flexibility index (Phi) is 0.508. The summed E-state index contributed by atoms with van der Waals surface area (Å²) in [5, 5.41) is 0. The molecule has 0 heterocycles. The average molecular weight is 124 g/mol. The second kappa shape index (κ2) is 0.968. The van der Waals surface area contributed by atoms with Crippen molar-refractivity contribution in [3.63, 3.8) is 0 Å². The molecule has 3 saturated carbocycles. The van der Waals surface area contributed by atoms with Crippen LogP contribution in [0.5, 0.6) is 0 Å². The maximum atomic E-state index is 5.40. The third-order valence-corrected chi connectivity index (χ3v) is 3.88. The third-order valence-electron chi connectivity index (χ3n) is 3.88. The van der Waals surface area contributed by atoms with E-state index >= 15 is 0 Å². The van der Waals surface area contributed by atoms with E-state index in [1.807, 2.05) is 7.11 Å². The van der Waals surface area contributed by atoms with E-state index in [0.717, 1.165) is 23.2 Å². The molecule has 5 atom stereocenters. The SMILES string of the molecule is COC1C(C)C2C3CC312. The molecule has 0 aromatic heterocycles. The first-order chi connectivity index (χ1) is 4.32. The highest BCUT2D eigenvalue weighted by molar-refractivity contribution is 5.38. The number of hydrogen-bond acceptors (Lipinski definition) is 1. The summed E-state index contributed by atoms with van der Waals surface area (Å²) >= 11 is 0. The van der Waals surface area contributed by atoms with E-state index in [2.05, 4.69) is 6.92 Å². The van der Waals surface area contributed by atoms with Crippen molar-refractivity contribution in [1.29, 1.82) is 0 Å². The van der Waals surface area contributed by atoms with Crippen LogP contribution in [0.3, 0.4) is 0 Å². The molecule has 1 spiro atoms. The van der Waals surface area contributed by atoms with Crippen LogP contribution >= 0.6 is 0 Å². The molecule has 50 valence electrons. The molecule has 0 aromatic carbocycles. The molecule has 1 nitrogen and oxygen atoms in total. The quantitative estimate of drug-likeness (QED) is 0.511. The van der Waals surface area contributed by atoms with Gasteiger partial charge in [0.2, 0.25) is 0 Å². The molecule has 0 amide bonds. The lowest BCUT2D eigenvalue weighted by Crippen LogP contribution is -2.42. The Morgan fingerprint density at radius 1 is 1.56 bits per heavy atom. The molecule has 3 aliphatic carbocycles. The highest BCUT2D eigenvalue weighted by Gasteiger charge is 2.90. The van der Waals surface area contributed by atoms with Crippen molar-refractivity contribution in [2.45, 2.75) is 19.4 Å². The Hall–Kier alpha value is -0.0400. The predicted octanol–water partition coefficient (Wildman–Crippen LogP) is 1.29. The van der Waals surface area contributed by atoms with Gasteiger partial charge in [-0.3, -0.25) is 0 Å². The molecule has 0 saturated heterocycles. The van der Waals surface area contributed by atoms with Crippen LogP contribution in [-0.2, 0) is 4.74 Å². The van der Waals surface area contributed by atoms with Crippen LogP contribution < -0.4 is 0 Å². The van der Waals surface area contributed by atoms with E-state index in [1.54, 1.807) is 0 Å². The predicted molar refractivity (Wildman–Crippen MR) is 34.0 cm³/mol. The Balaban J connectivity index is 1.88. The van der Waals surface area contributed by atoms with Crippen molar-refractivity contribution >= 4 is 0 Å². The Morgan fingerprint density at radius 3 is 2.56 bits per heavy atom. The molecular formula is C8H12O. The van der Waals surface area contributed by atoms with Crippen LogP contribution in [0.15, 0.2) is 0 Å². The number of methoxy groups -OCH3 is 1. The van der Waals surface area contributed by atoms with Crippen molar-refractivity contribution < 1.29 is 4.74 Å². The molecule has 0 radical (unpaired) electrons. The summed E-state index contributed by atoms with van der Waals surface area (Å²) in [5.41, 5.74) is 0.772. The van der Waals surface area contributed by atoms with E-state index in [-0.39, 0.29) is 0 Å². The van der Waals surface area contributed by atoms with E-state index in [4.69, 9.17) is 4.74 Å². The van der Waals surface area contributed by atoms with E-state index < -0.39 is 0 Å². The van der Waals surface area contributed by atoms with Gasteiger partial charge in [0.1, 0.15) is 0 Å². The topological polar surface area (TPSA) is 9.23 Å². The summed E-state index contributed by atoms with van der Waals surface area (Å²) in [7, 11) is 1.86. The van der Waals surface area contributed by atoms with Gasteiger partial charge in [0.05, 0.1) is 6.10 Å². The molecule has 3 rings (SSSR count). The molecule has 5 unspecified atom stereocenters. The molecular weight excluding hydrogens is 112 g/mol. The van der Waals surface area contributed by atoms with Gasteiger partial charge in [0, 0.05) is 12.5 Å². The van der Waals surface area contributed by atoms with Crippen LogP contribution in [0.2, 0.25) is 0 Å². The summed E-state index contributed by atoms with van der Waals surface area (Å²) in [6.45, 7) is 2.33. The summed E-state index contributed by atoms with van der Waals surface area (Å²) in [6, 6.07) is 0. The van der Waals surface area contributed by atoms with Gasteiger partial charge in [0.15, 0.2) is 0 Å². The second-order valence-electron chi connectivity index (χ2n) is 3.96. The van der Waals surface area contributed by atoms with Crippen LogP contribution in [-0.4, -0.2) is 13.2 Å².